The third-order valence-corrected chi connectivity index (χ3v) is 5.45. The van der Waals surface area contributed by atoms with E-state index in [4.69, 9.17) is 9.47 Å². The molecule has 1 aromatic carbocycles. The highest BCUT2D eigenvalue weighted by molar-refractivity contribution is 5.79. The number of hydrogen-bond donors (Lipinski definition) is 2. The summed E-state index contributed by atoms with van der Waals surface area (Å²) in [4.78, 5) is 4.37. The highest BCUT2D eigenvalue weighted by Gasteiger charge is 2.33. The summed E-state index contributed by atoms with van der Waals surface area (Å²) in [5, 5.41) is 6.98. The number of benzene rings is 1. The zero-order valence-electron chi connectivity index (χ0n) is 16.6. The molecule has 1 saturated carbocycles. The van der Waals surface area contributed by atoms with Crippen molar-refractivity contribution in [3.8, 4) is 5.75 Å². The lowest BCUT2D eigenvalue weighted by Gasteiger charge is -2.30. The maximum Gasteiger partial charge on any atom is 0.190 e. The van der Waals surface area contributed by atoms with Gasteiger partial charge in [-0.2, -0.15) is 0 Å². The van der Waals surface area contributed by atoms with Crippen LogP contribution >= 0.6 is 0 Å². The fourth-order valence-corrected chi connectivity index (χ4v) is 3.74. The minimum absolute atomic E-state index is 0.372. The topological polar surface area (TPSA) is 54.9 Å². The van der Waals surface area contributed by atoms with E-state index in [9.17, 15) is 0 Å². The van der Waals surface area contributed by atoms with Crippen molar-refractivity contribution in [3.05, 3.63) is 29.8 Å². The van der Waals surface area contributed by atoms with E-state index in [1.54, 1.807) is 14.2 Å². The van der Waals surface area contributed by atoms with Crippen LogP contribution in [0.2, 0.25) is 0 Å². The summed E-state index contributed by atoms with van der Waals surface area (Å²) in [6, 6.07) is 8.30. The van der Waals surface area contributed by atoms with Gasteiger partial charge in [0.05, 0.1) is 7.11 Å². The molecule has 0 heterocycles. The fourth-order valence-electron chi connectivity index (χ4n) is 3.74. The van der Waals surface area contributed by atoms with Crippen LogP contribution in [0.3, 0.4) is 0 Å². The summed E-state index contributed by atoms with van der Waals surface area (Å²) in [5.41, 5.74) is 1.71. The van der Waals surface area contributed by atoms with Crippen molar-refractivity contribution >= 4 is 5.96 Å². The van der Waals surface area contributed by atoms with Gasteiger partial charge in [0.25, 0.3) is 0 Å². The van der Waals surface area contributed by atoms with Gasteiger partial charge in [0, 0.05) is 33.9 Å². The zero-order valence-corrected chi connectivity index (χ0v) is 16.6. The predicted octanol–water partition coefficient (Wildman–Crippen LogP) is 3.39. The smallest absolute Gasteiger partial charge is 0.190 e. The molecule has 0 spiro atoms. The summed E-state index contributed by atoms with van der Waals surface area (Å²) in [7, 11) is 5.33. The van der Waals surface area contributed by atoms with Crippen molar-refractivity contribution in [2.24, 2.45) is 10.4 Å². The van der Waals surface area contributed by atoms with Crippen LogP contribution in [-0.2, 0) is 11.2 Å². The first-order chi connectivity index (χ1) is 12.7. The van der Waals surface area contributed by atoms with Gasteiger partial charge >= 0.3 is 0 Å². The third kappa shape index (κ3) is 6.52. The van der Waals surface area contributed by atoms with Crippen LogP contribution in [-0.4, -0.2) is 46.9 Å². The summed E-state index contributed by atoms with van der Waals surface area (Å²) in [6.45, 7) is 2.74. The molecule has 1 aromatic rings. The normalized spacial score (nSPS) is 16.5. The van der Waals surface area contributed by atoms with E-state index in [0.717, 1.165) is 50.7 Å². The minimum Gasteiger partial charge on any atom is -0.497 e. The van der Waals surface area contributed by atoms with Crippen LogP contribution in [0.15, 0.2) is 29.3 Å². The predicted molar refractivity (Wildman–Crippen MR) is 108 cm³/mol. The maximum absolute atomic E-state index is 5.32. The van der Waals surface area contributed by atoms with Crippen molar-refractivity contribution in [1.29, 1.82) is 0 Å². The first-order valence-electron chi connectivity index (χ1n) is 9.78. The number of nitrogens with one attached hydrogen (secondary N) is 2. The average molecular weight is 362 g/mol. The van der Waals surface area contributed by atoms with E-state index in [1.165, 1.54) is 31.2 Å². The lowest BCUT2D eigenvalue weighted by molar-refractivity contribution is 0.138. The van der Waals surface area contributed by atoms with Gasteiger partial charge in [-0.3, -0.25) is 4.99 Å². The molecule has 5 heteroatoms. The summed E-state index contributed by atoms with van der Waals surface area (Å²) in [6.07, 6.45) is 8.49. The second kappa shape index (κ2) is 11.1. The Labute approximate surface area is 158 Å². The Kier molecular flexibility index (Phi) is 8.75. The van der Waals surface area contributed by atoms with Gasteiger partial charge in [0.15, 0.2) is 5.96 Å². The number of aryl methyl sites for hydroxylation is 1. The van der Waals surface area contributed by atoms with Crippen molar-refractivity contribution in [2.45, 2.75) is 44.9 Å². The number of rotatable bonds is 10. The Bertz CT molecular complexity index is 537. The quantitative estimate of drug-likeness (QED) is 0.381. The summed E-state index contributed by atoms with van der Waals surface area (Å²) < 4.78 is 10.5. The number of hydrogen-bond acceptors (Lipinski definition) is 3. The standard InChI is InChI=1S/C21H35N3O2/c1-22-20(24-17-21(14-16-25-2)12-4-5-13-21)23-15-6-7-18-8-10-19(26-3)11-9-18/h8-11H,4-7,12-17H2,1-3H3,(H2,22,23,24). The first-order valence-corrected chi connectivity index (χ1v) is 9.78. The molecule has 1 aliphatic rings. The van der Waals surface area contributed by atoms with Crippen LogP contribution in [0.25, 0.3) is 0 Å². The van der Waals surface area contributed by atoms with Crippen molar-refractivity contribution in [2.75, 3.05) is 41.0 Å². The molecule has 1 fully saturated rings. The Balaban J connectivity index is 1.69. The summed E-state index contributed by atoms with van der Waals surface area (Å²) in [5.74, 6) is 1.81. The molecule has 2 rings (SSSR count). The van der Waals surface area contributed by atoms with E-state index in [1.807, 2.05) is 19.2 Å². The lowest BCUT2D eigenvalue weighted by Crippen LogP contribution is -2.43. The highest BCUT2D eigenvalue weighted by Crippen LogP contribution is 2.40. The van der Waals surface area contributed by atoms with Crippen molar-refractivity contribution in [1.82, 2.24) is 10.6 Å². The van der Waals surface area contributed by atoms with Crippen LogP contribution in [0.4, 0.5) is 0 Å². The molecule has 0 atom stereocenters. The first kappa shape index (κ1) is 20.6. The van der Waals surface area contributed by atoms with Crippen LogP contribution in [0.1, 0.15) is 44.1 Å². The van der Waals surface area contributed by atoms with Crippen LogP contribution in [0, 0.1) is 5.41 Å². The average Bonchev–Trinajstić information content (AvgIpc) is 3.15. The maximum atomic E-state index is 5.32. The number of nitrogens with zero attached hydrogens (tertiary/aromatic N) is 1. The largest absolute Gasteiger partial charge is 0.497 e. The van der Waals surface area contributed by atoms with Gasteiger partial charge in [-0.05, 0) is 55.2 Å². The molecule has 26 heavy (non-hydrogen) atoms. The molecular formula is C21H35N3O2. The molecule has 0 aliphatic heterocycles. The Morgan fingerprint density at radius 1 is 1.12 bits per heavy atom. The van der Waals surface area contributed by atoms with Gasteiger partial charge in [-0.15, -0.1) is 0 Å². The summed E-state index contributed by atoms with van der Waals surface area (Å²) >= 11 is 0. The molecule has 0 saturated heterocycles. The minimum atomic E-state index is 0.372. The Hall–Kier alpha value is -1.75. The molecule has 0 aromatic heterocycles. The second-order valence-corrected chi connectivity index (χ2v) is 7.25. The van der Waals surface area contributed by atoms with Gasteiger partial charge in [0.2, 0.25) is 0 Å². The van der Waals surface area contributed by atoms with E-state index in [2.05, 4.69) is 27.8 Å². The fraction of sp³-hybridized carbons (Fsp3) is 0.667. The number of ether oxygens (including phenoxy) is 2. The van der Waals surface area contributed by atoms with E-state index >= 15 is 0 Å². The third-order valence-electron chi connectivity index (χ3n) is 5.45. The molecule has 0 bridgehead atoms. The molecule has 1 aliphatic carbocycles. The van der Waals surface area contributed by atoms with Gasteiger partial charge < -0.3 is 20.1 Å². The lowest BCUT2D eigenvalue weighted by atomic mass is 9.83. The SMILES string of the molecule is CN=C(NCCCc1ccc(OC)cc1)NCC1(CCOC)CCCC1. The van der Waals surface area contributed by atoms with E-state index in [0.29, 0.717) is 5.41 Å². The molecule has 0 radical (unpaired) electrons. The van der Waals surface area contributed by atoms with Gasteiger partial charge in [-0.1, -0.05) is 25.0 Å². The molecule has 5 nitrogen and oxygen atoms in total. The Morgan fingerprint density at radius 3 is 2.46 bits per heavy atom. The van der Waals surface area contributed by atoms with Crippen molar-refractivity contribution in [3.63, 3.8) is 0 Å². The number of methoxy groups -OCH3 is 2. The monoisotopic (exact) mass is 361 g/mol. The number of guanidine groups is 1. The van der Waals surface area contributed by atoms with Crippen LogP contribution < -0.4 is 15.4 Å². The van der Waals surface area contributed by atoms with E-state index < -0.39 is 0 Å². The molecule has 2 N–H and O–H groups in total. The van der Waals surface area contributed by atoms with Crippen LogP contribution in [0.5, 0.6) is 5.75 Å². The van der Waals surface area contributed by atoms with E-state index in [-0.39, 0.29) is 0 Å². The zero-order chi connectivity index (χ0) is 18.7. The Morgan fingerprint density at radius 2 is 1.85 bits per heavy atom. The van der Waals surface area contributed by atoms with Crippen molar-refractivity contribution < 1.29 is 9.47 Å². The number of aliphatic imine (C=N–C) groups is 1. The van der Waals surface area contributed by atoms with Gasteiger partial charge in [-0.25, -0.2) is 0 Å². The molecule has 0 amide bonds. The molecular weight excluding hydrogens is 326 g/mol. The second-order valence-electron chi connectivity index (χ2n) is 7.25. The highest BCUT2D eigenvalue weighted by atomic mass is 16.5. The van der Waals surface area contributed by atoms with Gasteiger partial charge in [0.1, 0.15) is 5.75 Å². The molecule has 0 unspecified atom stereocenters. The molecule has 146 valence electrons.